The summed E-state index contributed by atoms with van der Waals surface area (Å²) in [6, 6.07) is 12.2. The summed E-state index contributed by atoms with van der Waals surface area (Å²) in [5.74, 6) is -0.344. The van der Waals surface area contributed by atoms with Gasteiger partial charge in [0.2, 0.25) is 5.78 Å². The Morgan fingerprint density at radius 2 is 1.92 bits per heavy atom. The average molecular weight is 387 g/mol. The van der Waals surface area contributed by atoms with Crippen molar-refractivity contribution in [3.05, 3.63) is 70.0 Å². The third kappa shape index (κ3) is 4.09. The lowest BCUT2D eigenvalue weighted by Gasteiger charge is -2.04. The predicted octanol–water partition coefficient (Wildman–Crippen LogP) is 4.33. The molecule has 7 heteroatoms. The first-order valence-corrected chi connectivity index (χ1v) is 8.95. The number of furan rings is 1. The minimum atomic E-state index is -0.236. The number of Topliss-reactive ketones (excluding diaryl/α,β-unsaturated/α-hetero) is 1. The van der Waals surface area contributed by atoms with Crippen LogP contribution >= 0.6 is 22.9 Å². The number of benzene rings is 1. The third-order valence-electron chi connectivity index (χ3n) is 3.66. The molecule has 0 bridgehead atoms. The van der Waals surface area contributed by atoms with E-state index in [4.69, 9.17) is 27.2 Å². The number of amidine groups is 1. The number of halogens is 1. The fourth-order valence-corrected chi connectivity index (χ4v) is 3.79. The van der Waals surface area contributed by atoms with E-state index in [0.29, 0.717) is 9.90 Å². The van der Waals surface area contributed by atoms with Crippen LogP contribution in [0.5, 0.6) is 0 Å². The Balaban J connectivity index is 1.99. The zero-order chi connectivity index (χ0) is 18.7. The molecule has 0 aliphatic heterocycles. The van der Waals surface area contributed by atoms with E-state index in [9.17, 15) is 9.59 Å². The molecule has 0 fully saturated rings. The van der Waals surface area contributed by atoms with E-state index in [2.05, 4.69) is 0 Å². The van der Waals surface area contributed by atoms with Crippen LogP contribution in [0.1, 0.15) is 27.4 Å². The maximum atomic E-state index is 12.6. The van der Waals surface area contributed by atoms with Gasteiger partial charge in [-0.3, -0.25) is 15.0 Å². The molecule has 2 aromatic heterocycles. The Morgan fingerprint density at radius 1 is 1.19 bits per heavy atom. The second-order valence-electron chi connectivity index (χ2n) is 5.70. The summed E-state index contributed by atoms with van der Waals surface area (Å²) in [5.41, 5.74) is 6.90. The predicted molar refractivity (Wildman–Crippen MR) is 102 cm³/mol. The van der Waals surface area contributed by atoms with Gasteiger partial charge in [-0.15, -0.1) is 11.3 Å². The van der Waals surface area contributed by atoms with Gasteiger partial charge in [0.15, 0.2) is 5.76 Å². The van der Waals surface area contributed by atoms with Crippen molar-refractivity contribution in [2.75, 3.05) is 0 Å². The van der Waals surface area contributed by atoms with Gasteiger partial charge in [0.25, 0.3) is 0 Å². The smallest absolute Gasteiger partial charge is 0.238 e. The molecule has 26 heavy (non-hydrogen) atoms. The maximum absolute atomic E-state index is 12.6. The van der Waals surface area contributed by atoms with Gasteiger partial charge >= 0.3 is 0 Å². The van der Waals surface area contributed by atoms with Gasteiger partial charge in [-0.1, -0.05) is 23.7 Å². The number of thiophene rings is 1. The van der Waals surface area contributed by atoms with Crippen LogP contribution < -0.4 is 5.73 Å². The summed E-state index contributed by atoms with van der Waals surface area (Å²) in [4.78, 5) is 26.0. The normalized spacial score (nSPS) is 10.7. The lowest BCUT2D eigenvalue weighted by molar-refractivity contribution is -0.117. The molecule has 0 amide bonds. The van der Waals surface area contributed by atoms with Crippen LogP contribution in [0.15, 0.2) is 53.1 Å². The molecule has 3 aromatic rings. The molecule has 0 spiro atoms. The zero-order valence-corrected chi connectivity index (χ0v) is 15.2. The molecule has 0 radical (unpaired) electrons. The number of hydrogen-bond acceptors (Lipinski definition) is 5. The Bertz CT molecular complexity index is 959. The van der Waals surface area contributed by atoms with Crippen molar-refractivity contribution < 1.29 is 14.0 Å². The summed E-state index contributed by atoms with van der Waals surface area (Å²) in [5, 5.41) is 7.88. The highest BCUT2D eigenvalue weighted by atomic mass is 35.5. The number of hydrogen-bond donors (Lipinski definition) is 2. The van der Waals surface area contributed by atoms with Gasteiger partial charge in [0.05, 0.1) is 23.4 Å². The molecular weight excluding hydrogens is 372 g/mol. The Labute approximate surface area is 158 Å². The first-order chi connectivity index (χ1) is 12.4. The van der Waals surface area contributed by atoms with Crippen LogP contribution in [0.25, 0.3) is 10.4 Å². The van der Waals surface area contributed by atoms with E-state index in [1.165, 1.54) is 17.6 Å². The molecule has 0 atom stereocenters. The molecule has 5 nitrogen and oxygen atoms in total. The minimum absolute atomic E-state index is 0.0967. The van der Waals surface area contributed by atoms with Crippen LogP contribution in [0, 0.1) is 5.41 Å². The Morgan fingerprint density at radius 3 is 2.54 bits per heavy atom. The zero-order valence-electron chi connectivity index (χ0n) is 13.6. The fourth-order valence-electron chi connectivity index (χ4n) is 2.53. The van der Waals surface area contributed by atoms with E-state index in [-0.39, 0.29) is 36.0 Å². The standard InChI is InChI=1S/C19H15ClN2O3S/c20-13-5-3-11(4-6-13)19-12(8-14(23)10-17(21)22)9-16(26-19)18(24)15-2-1-7-25-15/h1-7,9H,8,10H2,(H3,21,22). The third-order valence-corrected chi connectivity index (χ3v) is 5.14. The highest BCUT2D eigenvalue weighted by Gasteiger charge is 2.20. The molecule has 3 N–H and O–H groups in total. The summed E-state index contributed by atoms with van der Waals surface area (Å²) in [7, 11) is 0. The van der Waals surface area contributed by atoms with E-state index in [1.54, 1.807) is 30.3 Å². The molecule has 0 saturated heterocycles. The van der Waals surface area contributed by atoms with Crippen LogP contribution in [0.2, 0.25) is 5.02 Å². The number of nitrogens with two attached hydrogens (primary N) is 1. The molecule has 0 saturated carbocycles. The number of rotatable bonds is 7. The largest absolute Gasteiger partial charge is 0.461 e. The summed E-state index contributed by atoms with van der Waals surface area (Å²) < 4.78 is 5.18. The van der Waals surface area contributed by atoms with Gasteiger partial charge < -0.3 is 10.2 Å². The number of carbonyl (C=O) groups excluding carboxylic acids is 2. The Hall–Kier alpha value is -2.70. The van der Waals surface area contributed by atoms with Crippen molar-refractivity contribution >= 4 is 40.3 Å². The second-order valence-corrected chi connectivity index (χ2v) is 7.18. The number of carbonyl (C=O) groups is 2. The average Bonchev–Trinajstić information content (AvgIpc) is 3.24. The monoisotopic (exact) mass is 386 g/mol. The lowest BCUT2D eigenvalue weighted by atomic mass is 10.0. The van der Waals surface area contributed by atoms with Crippen molar-refractivity contribution in [3.8, 4) is 10.4 Å². The van der Waals surface area contributed by atoms with Crippen molar-refractivity contribution in [3.63, 3.8) is 0 Å². The van der Waals surface area contributed by atoms with Crippen LogP contribution in [0.3, 0.4) is 0 Å². The maximum Gasteiger partial charge on any atom is 0.238 e. The van der Waals surface area contributed by atoms with Crippen LogP contribution in [-0.4, -0.2) is 17.4 Å². The molecule has 0 aliphatic rings. The number of ketones is 2. The SMILES string of the molecule is N=C(N)CC(=O)Cc1cc(C(=O)c2ccco2)sc1-c1ccc(Cl)cc1. The molecule has 0 unspecified atom stereocenters. The Kier molecular flexibility index (Phi) is 5.35. The van der Waals surface area contributed by atoms with Gasteiger partial charge in [-0.25, -0.2) is 0 Å². The van der Waals surface area contributed by atoms with E-state index in [1.807, 2.05) is 12.1 Å². The van der Waals surface area contributed by atoms with E-state index in [0.717, 1.165) is 16.0 Å². The molecule has 0 aliphatic carbocycles. The van der Waals surface area contributed by atoms with Gasteiger partial charge in [0, 0.05) is 16.3 Å². The summed E-state index contributed by atoms with van der Waals surface area (Å²) >= 11 is 7.24. The molecule has 3 rings (SSSR count). The van der Waals surface area contributed by atoms with E-state index >= 15 is 0 Å². The molecule has 132 valence electrons. The molecule has 2 heterocycles. The first-order valence-electron chi connectivity index (χ1n) is 7.75. The topological polar surface area (TPSA) is 97.1 Å². The highest BCUT2D eigenvalue weighted by molar-refractivity contribution is 7.17. The number of nitrogens with one attached hydrogen (secondary N) is 1. The molecular formula is C19H15ClN2O3S. The van der Waals surface area contributed by atoms with Gasteiger partial charge in [-0.2, -0.15) is 0 Å². The quantitative estimate of drug-likeness (QED) is 0.358. The fraction of sp³-hybridized carbons (Fsp3) is 0.105. The summed E-state index contributed by atoms with van der Waals surface area (Å²) in [6.07, 6.45) is 1.43. The van der Waals surface area contributed by atoms with Gasteiger partial charge in [-0.05, 0) is 41.5 Å². The minimum Gasteiger partial charge on any atom is -0.461 e. The summed E-state index contributed by atoms with van der Waals surface area (Å²) in [6.45, 7) is 0. The van der Waals surface area contributed by atoms with Crippen LogP contribution in [0.4, 0.5) is 0 Å². The first kappa shape index (κ1) is 18.1. The molecule has 1 aromatic carbocycles. The van der Waals surface area contributed by atoms with Crippen molar-refractivity contribution in [1.82, 2.24) is 0 Å². The van der Waals surface area contributed by atoms with Crippen LogP contribution in [-0.2, 0) is 11.2 Å². The van der Waals surface area contributed by atoms with Crippen molar-refractivity contribution in [1.29, 1.82) is 5.41 Å². The van der Waals surface area contributed by atoms with Crippen molar-refractivity contribution in [2.24, 2.45) is 5.73 Å². The van der Waals surface area contributed by atoms with Gasteiger partial charge in [0.1, 0.15) is 5.78 Å². The van der Waals surface area contributed by atoms with E-state index < -0.39 is 0 Å². The second kappa shape index (κ2) is 7.68. The highest BCUT2D eigenvalue weighted by Crippen LogP contribution is 2.35. The van der Waals surface area contributed by atoms with Crippen molar-refractivity contribution in [2.45, 2.75) is 12.8 Å². The lowest BCUT2D eigenvalue weighted by Crippen LogP contribution is -2.16.